The zero-order valence-electron chi connectivity index (χ0n) is 15.5. The van der Waals surface area contributed by atoms with E-state index in [9.17, 15) is 13.6 Å². The highest BCUT2D eigenvalue weighted by atomic mass is 19.1. The van der Waals surface area contributed by atoms with E-state index in [1.165, 1.54) is 19.2 Å². The number of carbonyl (C=O) groups excluding carboxylic acids is 1. The van der Waals surface area contributed by atoms with Crippen LogP contribution in [0.5, 0.6) is 5.75 Å². The molecule has 0 aromatic heterocycles. The Morgan fingerprint density at radius 1 is 1.19 bits per heavy atom. The lowest BCUT2D eigenvalue weighted by Crippen LogP contribution is -2.35. The first kappa shape index (κ1) is 18.4. The second-order valence-corrected chi connectivity index (χ2v) is 7.65. The van der Waals surface area contributed by atoms with Crippen molar-refractivity contribution in [2.45, 2.75) is 32.6 Å². The zero-order valence-corrected chi connectivity index (χ0v) is 15.5. The molecule has 0 spiro atoms. The summed E-state index contributed by atoms with van der Waals surface area (Å²) < 4.78 is 32.9. The van der Waals surface area contributed by atoms with E-state index in [0.717, 1.165) is 11.6 Å². The minimum Gasteiger partial charge on any atom is -0.496 e. The minimum absolute atomic E-state index is 0.185. The molecule has 1 N–H and O–H groups in total. The molecule has 5 heteroatoms. The van der Waals surface area contributed by atoms with Gasteiger partial charge in [-0.1, -0.05) is 31.5 Å². The number of hydrogen-bond acceptors (Lipinski definition) is 2. The van der Waals surface area contributed by atoms with Gasteiger partial charge in [-0.05, 0) is 42.5 Å². The average molecular weight is 359 g/mol. The molecule has 26 heavy (non-hydrogen) atoms. The van der Waals surface area contributed by atoms with Crippen LogP contribution < -0.4 is 10.1 Å². The smallest absolute Gasteiger partial charge is 0.255 e. The fourth-order valence-corrected chi connectivity index (χ4v) is 3.77. The third-order valence-corrected chi connectivity index (χ3v) is 5.51. The van der Waals surface area contributed by atoms with Crippen LogP contribution in [0.25, 0.3) is 0 Å². The summed E-state index contributed by atoms with van der Waals surface area (Å²) in [5.74, 6) is -0.952. The van der Waals surface area contributed by atoms with Gasteiger partial charge in [-0.3, -0.25) is 4.79 Å². The first-order valence-electron chi connectivity index (χ1n) is 8.58. The van der Waals surface area contributed by atoms with Gasteiger partial charge in [0.2, 0.25) is 0 Å². The van der Waals surface area contributed by atoms with Gasteiger partial charge < -0.3 is 10.1 Å². The summed E-state index contributed by atoms with van der Waals surface area (Å²) >= 11 is 0. The van der Waals surface area contributed by atoms with Crippen molar-refractivity contribution in [1.82, 2.24) is 5.32 Å². The van der Waals surface area contributed by atoms with Gasteiger partial charge in [-0.25, -0.2) is 8.78 Å². The Morgan fingerprint density at radius 3 is 2.46 bits per heavy atom. The molecule has 1 amide bonds. The summed E-state index contributed by atoms with van der Waals surface area (Å²) in [6, 6.07) is 9.03. The highest BCUT2D eigenvalue weighted by molar-refractivity contribution is 5.97. The van der Waals surface area contributed by atoms with E-state index in [4.69, 9.17) is 4.74 Å². The number of amides is 1. The van der Waals surface area contributed by atoms with Crippen LogP contribution in [0.1, 0.15) is 41.8 Å². The summed E-state index contributed by atoms with van der Waals surface area (Å²) in [6.07, 6.45) is 0.716. The standard InChI is InChI=1S/C21H23F2NO2/c1-13-5-8-18(26-4)15(9-13)19(25)24-12-21(11-20(21,2)3)16-7-6-14(22)10-17(16)23/h5-10H,11-12H2,1-4H3,(H,24,25). The molecule has 138 valence electrons. The molecule has 1 aliphatic carbocycles. The summed E-state index contributed by atoms with van der Waals surface area (Å²) in [4.78, 5) is 12.7. The predicted molar refractivity (Wildman–Crippen MR) is 96.5 cm³/mol. The van der Waals surface area contributed by atoms with Crippen molar-refractivity contribution in [3.63, 3.8) is 0 Å². The van der Waals surface area contributed by atoms with E-state index in [1.807, 2.05) is 26.8 Å². The Hall–Kier alpha value is -2.43. The third kappa shape index (κ3) is 3.06. The maximum atomic E-state index is 14.4. The molecular formula is C21H23F2NO2. The molecule has 1 saturated carbocycles. The minimum atomic E-state index is -0.603. The fraction of sp³-hybridized carbons (Fsp3) is 0.381. The van der Waals surface area contributed by atoms with Crippen LogP contribution in [0.15, 0.2) is 36.4 Å². The second kappa shape index (κ2) is 6.38. The van der Waals surface area contributed by atoms with Gasteiger partial charge in [0.1, 0.15) is 17.4 Å². The summed E-state index contributed by atoms with van der Waals surface area (Å²) in [5.41, 5.74) is 1.11. The molecule has 3 nitrogen and oxygen atoms in total. The number of benzene rings is 2. The quantitative estimate of drug-likeness (QED) is 0.860. The third-order valence-electron chi connectivity index (χ3n) is 5.51. The van der Waals surface area contributed by atoms with Crippen molar-refractivity contribution in [3.05, 3.63) is 64.7 Å². The van der Waals surface area contributed by atoms with Crippen LogP contribution >= 0.6 is 0 Å². The molecule has 0 aliphatic heterocycles. The van der Waals surface area contributed by atoms with Crippen LogP contribution in [0.4, 0.5) is 8.78 Å². The monoisotopic (exact) mass is 359 g/mol. The largest absolute Gasteiger partial charge is 0.496 e. The molecule has 2 aromatic carbocycles. The van der Waals surface area contributed by atoms with Crippen LogP contribution in [-0.2, 0) is 5.41 Å². The molecule has 1 unspecified atom stereocenters. The Morgan fingerprint density at radius 2 is 1.88 bits per heavy atom. The number of aryl methyl sites for hydroxylation is 1. The van der Waals surface area contributed by atoms with Crippen molar-refractivity contribution < 1.29 is 18.3 Å². The first-order valence-corrected chi connectivity index (χ1v) is 8.58. The lowest BCUT2D eigenvalue weighted by Gasteiger charge is -2.23. The number of halogens is 2. The van der Waals surface area contributed by atoms with Gasteiger partial charge in [0.15, 0.2) is 0 Å². The molecular weight excluding hydrogens is 336 g/mol. The number of nitrogens with one attached hydrogen (secondary N) is 1. The van der Waals surface area contributed by atoms with Gasteiger partial charge in [-0.15, -0.1) is 0 Å². The van der Waals surface area contributed by atoms with Gasteiger partial charge in [-0.2, -0.15) is 0 Å². The van der Waals surface area contributed by atoms with E-state index in [1.54, 1.807) is 12.1 Å². The predicted octanol–water partition coefficient (Wildman–Crippen LogP) is 4.38. The maximum Gasteiger partial charge on any atom is 0.255 e. The van der Waals surface area contributed by atoms with Crippen molar-refractivity contribution >= 4 is 5.91 Å². The topological polar surface area (TPSA) is 38.3 Å². The lowest BCUT2D eigenvalue weighted by atomic mass is 9.87. The summed E-state index contributed by atoms with van der Waals surface area (Å²) in [7, 11) is 1.51. The summed E-state index contributed by atoms with van der Waals surface area (Å²) in [6.45, 7) is 6.22. The molecule has 0 heterocycles. The Labute approximate surface area is 152 Å². The molecule has 1 aliphatic rings. The number of rotatable bonds is 5. The highest BCUT2D eigenvalue weighted by Gasteiger charge is 2.62. The SMILES string of the molecule is COc1ccc(C)cc1C(=O)NCC1(c2ccc(F)cc2F)CC1(C)C. The second-order valence-electron chi connectivity index (χ2n) is 7.65. The Kier molecular flexibility index (Phi) is 4.51. The normalized spacial score (nSPS) is 20.5. The van der Waals surface area contributed by atoms with Gasteiger partial charge >= 0.3 is 0 Å². The number of hydrogen-bond donors (Lipinski definition) is 1. The molecule has 0 saturated heterocycles. The molecule has 0 bridgehead atoms. The average Bonchev–Trinajstić information content (AvgIpc) is 3.14. The van der Waals surface area contributed by atoms with Crippen molar-refractivity contribution in [3.8, 4) is 5.75 Å². The van der Waals surface area contributed by atoms with Gasteiger partial charge in [0.25, 0.3) is 5.91 Å². The number of ether oxygens (including phenoxy) is 1. The first-order chi connectivity index (χ1) is 12.2. The van der Waals surface area contributed by atoms with Crippen molar-refractivity contribution in [2.24, 2.45) is 5.41 Å². The number of methoxy groups -OCH3 is 1. The Bertz CT molecular complexity index is 863. The molecule has 1 atom stereocenters. The van der Waals surface area contributed by atoms with E-state index in [-0.39, 0.29) is 17.9 Å². The van der Waals surface area contributed by atoms with Crippen molar-refractivity contribution in [2.75, 3.05) is 13.7 Å². The Balaban J connectivity index is 1.85. The van der Waals surface area contributed by atoms with Crippen LogP contribution in [0, 0.1) is 24.0 Å². The van der Waals surface area contributed by atoms with E-state index in [0.29, 0.717) is 23.3 Å². The number of carbonyl (C=O) groups is 1. The van der Waals surface area contributed by atoms with E-state index in [2.05, 4.69) is 5.32 Å². The van der Waals surface area contributed by atoms with Crippen molar-refractivity contribution in [1.29, 1.82) is 0 Å². The van der Waals surface area contributed by atoms with E-state index < -0.39 is 17.0 Å². The maximum absolute atomic E-state index is 14.4. The van der Waals surface area contributed by atoms with Gasteiger partial charge in [0, 0.05) is 18.0 Å². The van der Waals surface area contributed by atoms with Crippen LogP contribution in [-0.4, -0.2) is 19.6 Å². The fourth-order valence-electron chi connectivity index (χ4n) is 3.77. The van der Waals surface area contributed by atoms with Gasteiger partial charge in [0.05, 0.1) is 12.7 Å². The van der Waals surface area contributed by atoms with Crippen LogP contribution in [0.3, 0.4) is 0 Å². The molecule has 3 rings (SSSR count). The molecule has 0 radical (unpaired) electrons. The van der Waals surface area contributed by atoms with Crippen LogP contribution in [0.2, 0.25) is 0 Å². The molecule has 1 fully saturated rings. The van der Waals surface area contributed by atoms with E-state index >= 15 is 0 Å². The molecule has 2 aromatic rings. The zero-order chi connectivity index (χ0) is 19.1. The summed E-state index contributed by atoms with van der Waals surface area (Å²) in [5, 5.41) is 2.92. The highest BCUT2D eigenvalue weighted by Crippen LogP contribution is 2.64. The lowest BCUT2D eigenvalue weighted by molar-refractivity contribution is 0.0944.